The first-order valence-electron chi connectivity index (χ1n) is 11.1. The molecule has 3 nitrogen and oxygen atoms in total. The Kier molecular flexibility index (Phi) is 5.41. The summed E-state index contributed by atoms with van der Waals surface area (Å²) in [5.74, 6) is -4.07. The number of carbonyl (C=O) groups excluding carboxylic acids is 1. The summed E-state index contributed by atoms with van der Waals surface area (Å²) in [5, 5.41) is 2.45. The molecule has 1 spiro atoms. The largest absolute Gasteiger partial charge is 0.338 e. The first kappa shape index (κ1) is 21.0. The highest BCUT2D eigenvalue weighted by Gasteiger charge is 2.43. The Hall–Kier alpha value is -2.86. The van der Waals surface area contributed by atoms with Crippen molar-refractivity contribution < 1.29 is 18.0 Å². The van der Waals surface area contributed by atoms with E-state index in [9.17, 15) is 18.0 Å². The summed E-state index contributed by atoms with van der Waals surface area (Å²) in [6.07, 6.45) is 2.87. The number of nitrogens with zero attached hydrogens (tertiary/aromatic N) is 2. The van der Waals surface area contributed by atoms with E-state index in [1.54, 1.807) is 4.90 Å². The first-order chi connectivity index (χ1) is 15.4. The molecule has 0 saturated carbocycles. The molecule has 1 unspecified atom stereocenters. The zero-order valence-corrected chi connectivity index (χ0v) is 17.8. The maximum atomic E-state index is 14.1. The lowest BCUT2D eigenvalue weighted by atomic mass is 9.79. The highest BCUT2D eigenvalue weighted by molar-refractivity contribution is 5.94. The van der Waals surface area contributed by atoms with Gasteiger partial charge in [0, 0.05) is 37.7 Å². The van der Waals surface area contributed by atoms with Crippen molar-refractivity contribution in [2.45, 2.75) is 25.8 Å². The van der Waals surface area contributed by atoms with Gasteiger partial charge in [-0.05, 0) is 54.3 Å². The molecule has 2 aliphatic heterocycles. The standard InChI is InChI=1S/C26H25F3N2O/c27-22-14-24(29)23(28)13-21(22)25(32)31-11-9-26(17-31)8-3-10-30(16-26)15-18-6-7-19-4-1-2-5-20(19)12-18/h1-2,4-7,12-14H,3,8-11,15-17H2. The van der Waals surface area contributed by atoms with Gasteiger partial charge >= 0.3 is 0 Å². The summed E-state index contributed by atoms with van der Waals surface area (Å²) >= 11 is 0. The second-order valence-corrected chi connectivity index (χ2v) is 9.22. The summed E-state index contributed by atoms with van der Waals surface area (Å²) in [4.78, 5) is 16.9. The minimum absolute atomic E-state index is 0.0419. The molecule has 1 atom stereocenters. The van der Waals surface area contributed by atoms with E-state index in [1.165, 1.54) is 16.3 Å². The molecule has 0 aromatic heterocycles. The van der Waals surface area contributed by atoms with Crippen LogP contribution in [0.4, 0.5) is 13.2 Å². The predicted octanol–water partition coefficient (Wildman–Crippen LogP) is 5.39. The molecule has 5 rings (SSSR count). The molecule has 0 bridgehead atoms. The van der Waals surface area contributed by atoms with Crippen molar-refractivity contribution in [1.29, 1.82) is 0 Å². The summed E-state index contributed by atoms with van der Waals surface area (Å²) in [7, 11) is 0. The van der Waals surface area contributed by atoms with E-state index in [2.05, 4.69) is 35.2 Å². The molecule has 2 aliphatic rings. The Labute approximate surface area is 185 Å². The number of piperidine rings is 1. The van der Waals surface area contributed by atoms with Crippen LogP contribution in [-0.2, 0) is 6.54 Å². The monoisotopic (exact) mass is 438 g/mol. The molecule has 3 aromatic rings. The van der Waals surface area contributed by atoms with Crippen molar-refractivity contribution in [3.8, 4) is 0 Å². The van der Waals surface area contributed by atoms with Crippen LogP contribution in [-0.4, -0.2) is 41.9 Å². The molecule has 0 radical (unpaired) electrons. The van der Waals surface area contributed by atoms with Crippen molar-refractivity contribution in [1.82, 2.24) is 9.80 Å². The number of rotatable bonds is 3. The van der Waals surface area contributed by atoms with E-state index >= 15 is 0 Å². The number of fused-ring (bicyclic) bond motifs is 1. The molecule has 0 aliphatic carbocycles. The van der Waals surface area contributed by atoms with E-state index in [1.807, 2.05) is 12.1 Å². The highest BCUT2D eigenvalue weighted by Crippen LogP contribution is 2.40. The van der Waals surface area contributed by atoms with Gasteiger partial charge in [-0.2, -0.15) is 0 Å². The molecule has 1 amide bonds. The normalized spacial score (nSPS) is 21.5. The van der Waals surface area contributed by atoms with Crippen LogP contribution in [0.5, 0.6) is 0 Å². The second-order valence-electron chi connectivity index (χ2n) is 9.22. The number of amides is 1. The van der Waals surface area contributed by atoms with Crippen molar-refractivity contribution in [2.24, 2.45) is 5.41 Å². The number of likely N-dealkylation sites (tertiary alicyclic amines) is 2. The third-order valence-electron chi connectivity index (χ3n) is 6.93. The van der Waals surface area contributed by atoms with E-state index in [0.717, 1.165) is 38.9 Å². The maximum Gasteiger partial charge on any atom is 0.256 e. The number of halogens is 3. The Bertz CT molecular complexity index is 1180. The van der Waals surface area contributed by atoms with Crippen molar-refractivity contribution in [2.75, 3.05) is 26.2 Å². The molecule has 32 heavy (non-hydrogen) atoms. The van der Waals surface area contributed by atoms with E-state index < -0.39 is 28.9 Å². The minimum atomic E-state index is -1.28. The zero-order chi connectivity index (χ0) is 22.3. The van der Waals surface area contributed by atoms with Gasteiger partial charge in [-0.1, -0.05) is 36.4 Å². The van der Waals surface area contributed by atoms with Gasteiger partial charge in [0.1, 0.15) is 5.82 Å². The van der Waals surface area contributed by atoms with Crippen molar-refractivity contribution >= 4 is 16.7 Å². The van der Waals surface area contributed by atoms with Crippen LogP contribution in [0.25, 0.3) is 10.8 Å². The van der Waals surface area contributed by atoms with Gasteiger partial charge < -0.3 is 4.90 Å². The molecule has 6 heteroatoms. The van der Waals surface area contributed by atoms with E-state index in [-0.39, 0.29) is 5.41 Å². The lowest BCUT2D eigenvalue weighted by molar-refractivity contribution is 0.0671. The van der Waals surface area contributed by atoms with Gasteiger partial charge in [0.25, 0.3) is 5.91 Å². The molecule has 166 valence electrons. The Morgan fingerprint density at radius 2 is 1.62 bits per heavy atom. The Morgan fingerprint density at radius 3 is 2.47 bits per heavy atom. The fraction of sp³-hybridized carbons (Fsp3) is 0.346. The molecule has 3 aromatic carbocycles. The van der Waals surface area contributed by atoms with Gasteiger partial charge in [0.05, 0.1) is 5.56 Å². The lowest BCUT2D eigenvalue weighted by Crippen LogP contribution is -2.45. The molecule has 2 saturated heterocycles. The number of benzene rings is 3. The van der Waals surface area contributed by atoms with Gasteiger partial charge in [0.2, 0.25) is 0 Å². The van der Waals surface area contributed by atoms with Gasteiger partial charge in [-0.3, -0.25) is 9.69 Å². The third kappa shape index (κ3) is 3.99. The first-order valence-corrected chi connectivity index (χ1v) is 11.1. The summed E-state index contributed by atoms with van der Waals surface area (Å²) in [5.41, 5.74) is 0.820. The van der Waals surface area contributed by atoms with Gasteiger partial charge in [-0.25, -0.2) is 13.2 Å². The van der Waals surface area contributed by atoms with Crippen molar-refractivity contribution in [3.63, 3.8) is 0 Å². The average molecular weight is 438 g/mol. The predicted molar refractivity (Wildman–Crippen MR) is 118 cm³/mol. The highest BCUT2D eigenvalue weighted by atomic mass is 19.2. The summed E-state index contributed by atoms with van der Waals surface area (Å²) < 4.78 is 41.0. The number of carbonyl (C=O) groups is 1. The maximum absolute atomic E-state index is 14.1. The number of hydrogen-bond donors (Lipinski definition) is 0. The van der Waals surface area contributed by atoms with Gasteiger partial charge in [-0.15, -0.1) is 0 Å². The van der Waals surface area contributed by atoms with Crippen LogP contribution in [0.15, 0.2) is 54.6 Å². The number of hydrogen-bond acceptors (Lipinski definition) is 2. The fourth-order valence-electron chi connectivity index (χ4n) is 5.34. The van der Waals surface area contributed by atoms with Crippen LogP contribution >= 0.6 is 0 Å². The second kappa shape index (κ2) is 8.24. The minimum Gasteiger partial charge on any atom is -0.338 e. The smallest absolute Gasteiger partial charge is 0.256 e. The zero-order valence-electron chi connectivity index (χ0n) is 17.8. The average Bonchev–Trinajstić information content (AvgIpc) is 3.18. The van der Waals surface area contributed by atoms with E-state index in [4.69, 9.17) is 0 Å². The Balaban J connectivity index is 1.28. The lowest BCUT2D eigenvalue weighted by Gasteiger charge is -2.40. The third-order valence-corrected chi connectivity index (χ3v) is 6.93. The van der Waals surface area contributed by atoms with Crippen LogP contribution in [0.3, 0.4) is 0 Å². The van der Waals surface area contributed by atoms with Crippen LogP contribution in [0, 0.1) is 22.9 Å². The molecule has 0 N–H and O–H groups in total. The SMILES string of the molecule is O=C(c1cc(F)c(F)cc1F)N1CCC2(CCCN(Cc3ccc4ccccc4c3)C2)C1. The molecular weight excluding hydrogens is 413 g/mol. The van der Waals surface area contributed by atoms with Crippen LogP contribution < -0.4 is 0 Å². The van der Waals surface area contributed by atoms with Gasteiger partial charge in [0.15, 0.2) is 11.6 Å². The van der Waals surface area contributed by atoms with E-state index in [0.29, 0.717) is 25.2 Å². The summed E-state index contributed by atoms with van der Waals surface area (Å²) in [6.45, 7) is 3.72. The fourth-order valence-corrected chi connectivity index (χ4v) is 5.34. The van der Waals surface area contributed by atoms with Crippen LogP contribution in [0.2, 0.25) is 0 Å². The molecular formula is C26H25F3N2O. The van der Waals surface area contributed by atoms with Crippen molar-refractivity contribution in [3.05, 3.63) is 83.2 Å². The quantitative estimate of drug-likeness (QED) is 0.512. The Morgan fingerprint density at radius 1 is 0.844 bits per heavy atom. The van der Waals surface area contributed by atoms with Crippen LogP contribution in [0.1, 0.15) is 35.2 Å². The topological polar surface area (TPSA) is 23.6 Å². The molecule has 2 fully saturated rings. The molecule has 2 heterocycles. The summed E-state index contributed by atoms with van der Waals surface area (Å²) in [6, 6.07) is 16.0.